The van der Waals surface area contributed by atoms with Crippen molar-refractivity contribution in [2.45, 2.75) is 196 Å². The van der Waals surface area contributed by atoms with Crippen LogP contribution in [0.3, 0.4) is 0 Å². The molecule has 0 unspecified atom stereocenters. The molecule has 0 bridgehead atoms. The van der Waals surface area contributed by atoms with E-state index in [0.717, 1.165) is 123 Å². The standard InChI is InChI=1S/C70H92I2O6/c1-7-13-19-29-39-73-61-45-51(46-62(74-40-30-20-14-8-2)69(61)77-43-33-23-17-11-5)65-55-37-27-25-35-53(55)57-50-60-58(49-59(57)67(65)71)54-36-26-28-38-56(54)66(68(60)72)52-47-63(75-41-31-21-15-9-3)70(78-44-34-24-18-12-6)64(48-52)76-42-32-22-16-10-4/h25-28,35-38,45-50H,7-24,29-34,39-44H2,1-6H3. The van der Waals surface area contributed by atoms with Crippen LogP contribution in [0.5, 0.6) is 34.5 Å². The first-order chi connectivity index (χ1) is 38.4. The minimum Gasteiger partial charge on any atom is -0.490 e. The highest BCUT2D eigenvalue weighted by Crippen LogP contribution is 2.50. The Kier molecular flexibility index (Phi) is 26.4. The Morgan fingerprint density at radius 3 is 0.795 bits per heavy atom. The summed E-state index contributed by atoms with van der Waals surface area (Å²) in [6.45, 7) is 17.4. The smallest absolute Gasteiger partial charge is 0.203 e. The van der Waals surface area contributed by atoms with Gasteiger partial charge in [-0.05, 0) is 174 Å². The van der Waals surface area contributed by atoms with Gasteiger partial charge in [-0.25, -0.2) is 0 Å². The minimum absolute atomic E-state index is 0.636. The summed E-state index contributed by atoms with van der Waals surface area (Å²) in [7, 11) is 0. The highest BCUT2D eigenvalue weighted by atomic mass is 127. The van der Waals surface area contributed by atoms with Gasteiger partial charge in [0.1, 0.15) is 0 Å². The van der Waals surface area contributed by atoms with E-state index in [9.17, 15) is 0 Å². The minimum atomic E-state index is 0.636. The summed E-state index contributed by atoms with van der Waals surface area (Å²) in [6, 6.07) is 31.8. The molecule has 0 spiro atoms. The van der Waals surface area contributed by atoms with Gasteiger partial charge in [0, 0.05) is 18.3 Å². The Hall–Kier alpha value is -4.16. The monoisotopic (exact) mass is 1280 g/mol. The number of ether oxygens (including phenoxy) is 6. The fourth-order valence-corrected chi connectivity index (χ4v) is 12.9. The number of hydrogen-bond donors (Lipinski definition) is 0. The molecule has 0 aliphatic heterocycles. The largest absolute Gasteiger partial charge is 0.490 e. The van der Waals surface area contributed by atoms with E-state index in [0.29, 0.717) is 39.6 Å². The molecule has 0 amide bonds. The van der Waals surface area contributed by atoms with Crippen LogP contribution in [0.1, 0.15) is 196 Å². The molecule has 0 N–H and O–H groups in total. The maximum absolute atomic E-state index is 6.80. The Bertz CT molecular complexity index is 2680. The van der Waals surface area contributed by atoms with E-state index in [2.05, 4.69) is 172 Å². The number of benzene rings is 7. The number of hydrogen-bond acceptors (Lipinski definition) is 6. The van der Waals surface area contributed by atoms with E-state index in [1.54, 1.807) is 0 Å². The number of unbranched alkanes of at least 4 members (excludes halogenated alkanes) is 18. The van der Waals surface area contributed by atoms with Crippen LogP contribution in [0.15, 0.2) is 84.9 Å². The number of halogens is 2. The van der Waals surface area contributed by atoms with Gasteiger partial charge in [-0.15, -0.1) is 0 Å². The van der Waals surface area contributed by atoms with Crippen LogP contribution in [0, 0.1) is 7.14 Å². The van der Waals surface area contributed by atoms with E-state index in [1.165, 1.54) is 138 Å². The average Bonchev–Trinajstić information content (AvgIpc) is 3.65. The van der Waals surface area contributed by atoms with Crippen LogP contribution in [0.25, 0.3) is 65.3 Å². The van der Waals surface area contributed by atoms with Gasteiger partial charge in [0.25, 0.3) is 0 Å². The quantitative estimate of drug-likeness (QED) is 0.0166. The van der Waals surface area contributed by atoms with Crippen molar-refractivity contribution >= 4 is 88.3 Å². The molecule has 7 aromatic carbocycles. The topological polar surface area (TPSA) is 55.4 Å². The second-order valence-electron chi connectivity index (χ2n) is 21.5. The summed E-state index contributed by atoms with van der Waals surface area (Å²) in [4.78, 5) is 0. The van der Waals surface area contributed by atoms with Gasteiger partial charge in [-0.1, -0.05) is 206 Å². The second-order valence-corrected chi connectivity index (χ2v) is 23.6. The molecule has 0 heterocycles. The summed E-state index contributed by atoms with van der Waals surface area (Å²) in [5.41, 5.74) is 4.54. The fraction of sp³-hybridized carbons (Fsp3) is 0.514. The van der Waals surface area contributed by atoms with E-state index in [-0.39, 0.29) is 0 Å². The molecule has 78 heavy (non-hydrogen) atoms. The molecule has 0 saturated carbocycles. The van der Waals surface area contributed by atoms with E-state index in [1.807, 2.05) is 0 Å². The van der Waals surface area contributed by atoms with Crippen LogP contribution in [-0.2, 0) is 0 Å². The summed E-state index contributed by atoms with van der Waals surface area (Å²) < 4.78 is 43.1. The van der Waals surface area contributed by atoms with Crippen LogP contribution >= 0.6 is 45.2 Å². The Balaban J connectivity index is 1.41. The van der Waals surface area contributed by atoms with Gasteiger partial charge in [0.15, 0.2) is 23.0 Å². The summed E-state index contributed by atoms with van der Waals surface area (Å²) in [5.74, 6) is 4.58. The number of fused-ring (bicyclic) bond motifs is 6. The Morgan fingerprint density at radius 1 is 0.269 bits per heavy atom. The third-order valence-electron chi connectivity index (χ3n) is 15.2. The SMILES string of the molecule is CCCCCCOc1cc(-c2c(I)c3cc4c(cc3c3ccccc23)c(I)c(-c2cc(OCCCCCC)c(OCCCCCC)c(OCCCCCC)c2)c2ccccc24)cc(OCCCCCC)c1OCCCCCC. The van der Waals surface area contributed by atoms with Crippen molar-refractivity contribution in [3.05, 3.63) is 92.1 Å². The normalized spacial score (nSPS) is 11.6. The molecule has 422 valence electrons. The Morgan fingerprint density at radius 2 is 0.526 bits per heavy atom. The molecule has 7 aromatic rings. The summed E-state index contributed by atoms with van der Waals surface area (Å²) in [6.07, 6.45) is 27.2. The molecular formula is C70H92I2O6. The van der Waals surface area contributed by atoms with E-state index >= 15 is 0 Å². The van der Waals surface area contributed by atoms with Crippen LogP contribution in [0.4, 0.5) is 0 Å². The van der Waals surface area contributed by atoms with Gasteiger partial charge in [0.05, 0.1) is 39.6 Å². The van der Waals surface area contributed by atoms with E-state index < -0.39 is 0 Å². The third kappa shape index (κ3) is 16.5. The fourth-order valence-electron chi connectivity index (χ4n) is 10.8. The number of rotatable bonds is 38. The van der Waals surface area contributed by atoms with Crippen LogP contribution in [-0.4, -0.2) is 39.6 Å². The van der Waals surface area contributed by atoms with Crippen molar-refractivity contribution in [2.75, 3.05) is 39.6 Å². The molecular weight excluding hydrogens is 1190 g/mol. The highest BCUT2D eigenvalue weighted by molar-refractivity contribution is 14.1. The van der Waals surface area contributed by atoms with Crippen molar-refractivity contribution in [3.8, 4) is 56.8 Å². The molecule has 0 aliphatic carbocycles. The summed E-state index contributed by atoms with van der Waals surface area (Å²) in [5, 5.41) is 9.75. The van der Waals surface area contributed by atoms with Gasteiger partial charge < -0.3 is 28.4 Å². The van der Waals surface area contributed by atoms with Crippen molar-refractivity contribution < 1.29 is 28.4 Å². The predicted molar refractivity (Wildman–Crippen MR) is 351 cm³/mol. The van der Waals surface area contributed by atoms with Gasteiger partial charge in [-0.3, -0.25) is 0 Å². The first-order valence-corrected chi connectivity index (χ1v) is 32.9. The molecule has 0 aromatic heterocycles. The lowest BCUT2D eigenvalue weighted by atomic mass is 9.88. The molecule has 6 nitrogen and oxygen atoms in total. The lowest BCUT2D eigenvalue weighted by Gasteiger charge is -2.22. The second kappa shape index (κ2) is 33.6. The van der Waals surface area contributed by atoms with Crippen molar-refractivity contribution in [1.29, 1.82) is 0 Å². The van der Waals surface area contributed by atoms with Gasteiger partial charge in [0.2, 0.25) is 11.5 Å². The van der Waals surface area contributed by atoms with Crippen LogP contribution < -0.4 is 28.4 Å². The first-order valence-electron chi connectivity index (χ1n) is 30.7. The molecule has 0 atom stereocenters. The van der Waals surface area contributed by atoms with E-state index in [4.69, 9.17) is 28.4 Å². The van der Waals surface area contributed by atoms with Crippen LogP contribution in [0.2, 0.25) is 0 Å². The Labute approximate surface area is 497 Å². The van der Waals surface area contributed by atoms with Crippen molar-refractivity contribution in [2.24, 2.45) is 0 Å². The molecule has 8 heteroatoms. The molecule has 0 saturated heterocycles. The van der Waals surface area contributed by atoms with Crippen molar-refractivity contribution in [1.82, 2.24) is 0 Å². The lowest BCUT2D eigenvalue weighted by molar-refractivity contribution is 0.234. The molecule has 0 aliphatic rings. The molecule has 0 radical (unpaired) electrons. The maximum atomic E-state index is 6.80. The molecule has 0 fully saturated rings. The lowest BCUT2D eigenvalue weighted by Crippen LogP contribution is -2.07. The highest BCUT2D eigenvalue weighted by Gasteiger charge is 2.25. The van der Waals surface area contributed by atoms with Gasteiger partial charge >= 0.3 is 0 Å². The predicted octanol–water partition coefficient (Wildman–Crippen LogP) is 22.6. The maximum Gasteiger partial charge on any atom is 0.203 e. The van der Waals surface area contributed by atoms with Gasteiger partial charge in [-0.2, -0.15) is 0 Å². The molecule has 7 rings (SSSR count). The van der Waals surface area contributed by atoms with Crippen molar-refractivity contribution in [3.63, 3.8) is 0 Å². The first kappa shape index (κ1) is 61.5. The zero-order valence-corrected chi connectivity index (χ0v) is 52.8. The average molecular weight is 1280 g/mol. The zero-order chi connectivity index (χ0) is 54.9. The summed E-state index contributed by atoms with van der Waals surface area (Å²) >= 11 is 5.27. The third-order valence-corrected chi connectivity index (χ3v) is 17.4. The zero-order valence-electron chi connectivity index (χ0n) is 48.5.